The number of hydrogen-bond acceptors (Lipinski definition) is 6. The van der Waals surface area contributed by atoms with Gasteiger partial charge in [0.05, 0.1) is 23.0 Å². The summed E-state index contributed by atoms with van der Waals surface area (Å²) in [4.78, 5) is 30.6. The quantitative estimate of drug-likeness (QED) is 0.365. The molecule has 3 aromatic heterocycles. The number of piperidine rings is 1. The summed E-state index contributed by atoms with van der Waals surface area (Å²) < 4.78 is 23.9. The van der Waals surface area contributed by atoms with E-state index in [-0.39, 0.29) is 18.7 Å². The molecule has 4 heterocycles. The minimum absolute atomic E-state index is 0.0473. The molecular formula is C27H28ClFN4O3S. The third-order valence-electron chi connectivity index (χ3n) is 6.55. The molecule has 0 spiro atoms. The first-order valence-corrected chi connectivity index (χ1v) is 13.5. The van der Waals surface area contributed by atoms with Crippen LogP contribution in [0, 0.1) is 12.7 Å². The molecule has 0 aliphatic carbocycles. The van der Waals surface area contributed by atoms with E-state index in [1.54, 1.807) is 20.0 Å². The standard InChI is InChI=1S/C27H28ClFN4O3S/c1-15(2)32-14-22(29)26(34)33(27(32)35)13-19-11-23-25(37-19)20(6-8-31-23)21-10-17(28)9-16(3)24(21)36-18-5-4-7-30-12-18/h6,8-11,14-15,18,30H,4-5,7,12-13H2,1-3H3/t18-/m0/s1. The van der Waals surface area contributed by atoms with E-state index in [0.29, 0.717) is 15.4 Å². The van der Waals surface area contributed by atoms with Crippen LogP contribution in [0.5, 0.6) is 5.75 Å². The van der Waals surface area contributed by atoms with Crippen LogP contribution < -0.4 is 21.3 Å². The number of ether oxygens (including phenoxy) is 1. The number of nitrogens with one attached hydrogen (secondary N) is 1. The van der Waals surface area contributed by atoms with Crippen molar-refractivity contribution in [2.75, 3.05) is 13.1 Å². The average Bonchev–Trinajstić information content (AvgIpc) is 3.29. The molecule has 1 aliphatic heterocycles. The van der Waals surface area contributed by atoms with Gasteiger partial charge in [0.15, 0.2) is 0 Å². The summed E-state index contributed by atoms with van der Waals surface area (Å²) in [5.74, 6) is -0.177. The highest BCUT2D eigenvalue weighted by molar-refractivity contribution is 7.19. The lowest BCUT2D eigenvalue weighted by molar-refractivity contribution is 0.167. The predicted octanol–water partition coefficient (Wildman–Crippen LogP) is 5.15. The van der Waals surface area contributed by atoms with Crippen molar-refractivity contribution in [2.24, 2.45) is 0 Å². The molecule has 1 fully saturated rings. The van der Waals surface area contributed by atoms with Gasteiger partial charge in [-0.05, 0) is 70.0 Å². The van der Waals surface area contributed by atoms with E-state index in [9.17, 15) is 14.0 Å². The summed E-state index contributed by atoms with van der Waals surface area (Å²) in [6, 6.07) is 7.26. The second kappa shape index (κ2) is 10.4. The summed E-state index contributed by atoms with van der Waals surface area (Å²) in [7, 11) is 0. The molecule has 4 aromatic rings. The molecule has 1 aliphatic rings. The monoisotopic (exact) mass is 542 g/mol. The van der Waals surface area contributed by atoms with Gasteiger partial charge in [0.25, 0.3) is 5.56 Å². The van der Waals surface area contributed by atoms with Crippen LogP contribution in [0.2, 0.25) is 5.02 Å². The fourth-order valence-corrected chi connectivity index (χ4v) is 6.11. The van der Waals surface area contributed by atoms with Gasteiger partial charge >= 0.3 is 5.69 Å². The number of halogens is 2. The summed E-state index contributed by atoms with van der Waals surface area (Å²) in [6.45, 7) is 7.24. The van der Waals surface area contributed by atoms with Crippen LogP contribution in [0.25, 0.3) is 21.3 Å². The number of aryl methyl sites for hydroxylation is 1. The van der Waals surface area contributed by atoms with Crippen molar-refractivity contribution in [1.29, 1.82) is 0 Å². The molecule has 1 saturated heterocycles. The van der Waals surface area contributed by atoms with Gasteiger partial charge < -0.3 is 10.1 Å². The van der Waals surface area contributed by atoms with Crippen molar-refractivity contribution < 1.29 is 9.13 Å². The van der Waals surface area contributed by atoms with E-state index >= 15 is 0 Å². The molecule has 1 N–H and O–H groups in total. The molecule has 1 aromatic carbocycles. The number of pyridine rings is 1. The van der Waals surface area contributed by atoms with Crippen molar-refractivity contribution in [2.45, 2.75) is 52.3 Å². The molecule has 5 rings (SSSR count). The fourth-order valence-electron chi connectivity index (χ4n) is 4.70. The van der Waals surface area contributed by atoms with Gasteiger partial charge in [-0.15, -0.1) is 11.3 Å². The number of rotatable bonds is 6. The Labute approximate surface area is 222 Å². The van der Waals surface area contributed by atoms with Gasteiger partial charge in [0.1, 0.15) is 11.9 Å². The molecule has 0 amide bonds. The second-order valence-corrected chi connectivity index (χ2v) is 11.2. The highest BCUT2D eigenvalue weighted by atomic mass is 35.5. The predicted molar refractivity (Wildman–Crippen MR) is 146 cm³/mol. The van der Waals surface area contributed by atoms with Crippen LogP contribution in [0.4, 0.5) is 4.39 Å². The van der Waals surface area contributed by atoms with Crippen molar-refractivity contribution in [3.05, 3.63) is 78.8 Å². The van der Waals surface area contributed by atoms with Gasteiger partial charge in [-0.3, -0.25) is 18.9 Å². The maximum absolute atomic E-state index is 14.4. The topological polar surface area (TPSA) is 78.2 Å². The van der Waals surface area contributed by atoms with Crippen molar-refractivity contribution in [3.63, 3.8) is 0 Å². The SMILES string of the molecule is Cc1cc(Cl)cc(-c2ccnc3cc(Cn4c(=O)c(F)cn(C(C)C)c4=O)sc23)c1O[C@H]1CCCNC1. The van der Waals surface area contributed by atoms with Crippen LogP contribution in [0.1, 0.15) is 43.2 Å². The zero-order chi connectivity index (χ0) is 26.3. The lowest BCUT2D eigenvalue weighted by atomic mass is 10.0. The van der Waals surface area contributed by atoms with Crippen LogP contribution >= 0.6 is 22.9 Å². The molecule has 0 unspecified atom stereocenters. The van der Waals surface area contributed by atoms with Gasteiger partial charge in [0.2, 0.25) is 5.82 Å². The maximum atomic E-state index is 14.4. The highest BCUT2D eigenvalue weighted by Crippen LogP contribution is 2.42. The van der Waals surface area contributed by atoms with Gasteiger partial charge in [-0.25, -0.2) is 4.79 Å². The zero-order valence-corrected chi connectivity index (χ0v) is 22.5. The van der Waals surface area contributed by atoms with Crippen LogP contribution in [0.3, 0.4) is 0 Å². The molecular weight excluding hydrogens is 515 g/mol. The van der Waals surface area contributed by atoms with E-state index in [4.69, 9.17) is 16.3 Å². The summed E-state index contributed by atoms with van der Waals surface area (Å²) in [5.41, 5.74) is 1.94. The largest absolute Gasteiger partial charge is 0.488 e. The van der Waals surface area contributed by atoms with E-state index in [2.05, 4.69) is 10.3 Å². The van der Waals surface area contributed by atoms with E-state index < -0.39 is 17.1 Å². The summed E-state index contributed by atoms with van der Waals surface area (Å²) in [5, 5.41) is 3.99. The molecule has 0 saturated carbocycles. The highest BCUT2D eigenvalue weighted by Gasteiger charge is 2.21. The number of nitrogens with zero attached hydrogens (tertiary/aromatic N) is 3. The Balaban J connectivity index is 1.59. The van der Waals surface area contributed by atoms with Crippen molar-refractivity contribution in [3.8, 4) is 16.9 Å². The Morgan fingerprint density at radius 2 is 2.08 bits per heavy atom. The van der Waals surface area contributed by atoms with Crippen LogP contribution in [0.15, 0.2) is 46.2 Å². The molecule has 194 valence electrons. The summed E-state index contributed by atoms with van der Waals surface area (Å²) >= 11 is 7.89. The molecule has 10 heteroatoms. The van der Waals surface area contributed by atoms with E-state index in [1.165, 1.54) is 15.9 Å². The Hall–Kier alpha value is -3.01. The average molecular weight is 543 g/mol. The Morgan fingerprint density at radius 3 is 2.81 bits per heavy atom. The van der Waals surface area contributed by atoms with Gasteiger partial charge in [-0.2, -0.15) is 4.39 Å². The lowest BCUT2D eigenvalue weighted by Gasteiger charge is -2.26. The first kappa shape index (κ1) is 25.6. The van der Waals surface area contributed by atoms with Crippen molar-refractivity contribution in [1.82, 2.24) is 19.4 Å². The third-order valence-corrected chi connectivity index (χ3v) is 7.91. The minimum atomic E-state index is -0.957. The fraction of sp³-hybridized carbons (Fsp3) is 0.370. The molecule has 1 atom stereocenters. The maximum Gasteiger partial charge on any atom is 0.331 e. The Bertz CT molecular complexity index is 1590. The Morgan fingerprint density at radius 1 is 1.27 bits per heavy atom. The van der Waals surface area contributed by atoms with E-state index in [0.717, 1.165) is 63.8 Å². The first-order valence-electron chi connectivity index (χ1n) is 12.3. The first-order chi connectivity index (χ1) is 17.7. The summed E-state index contributed by atoms with van der Waals surface area (Å²) in [6.07, 6.45) is 4.78. The third kappa shape index (κ3) is 5.08. The molecule has 0 radical (unpaired) electrons. The number of aromatic nitrogens is 3. The molecule has 37 heavy (non-hydrogen) atoms. The smallest absolute Gasteiger partial charge is 0.331 e. The van der Waals surface area contributed by atoms with Gasteiger partial charge in [-0.1, -0.05) is 11.6 Å². The number of thiophene rings is 1. The van der Waals surface area contributed by atoms with Crippen molar-refractivity contribution >= 4 is 33.2 Å². The Kier molecular flexibility index (Phi) is 7.20. The molecule has 0 bridgehead atoms. The normalized spacial score (nSPS) is 16.0. The number of fused-ring (bicyclic) bond motifs is 1. The van der Waals surface area contributed by atoms with Crippen LogP contribution in [-0.2, 0) is 6.54 Å². The van der Waals surface area contributed by atoms with Crippen LogP contribution in [-0.4, -0.2) is 33.3 Å². The number of hydrogen-bond donors (Lipinski definition) is 1. The number of benzene rings is 1. The zero-order valence-electron chi connectivity index (χ0n) is 20.9. The second-order valence-electron chi connectivity index (χ2n) is 9.62. The molecule has 7 nitrogen and oxygen atoms in total. The lowest BCUT2D eigenvalue weighted by Crippen LogP contribution is -2.41. The van der Waals surface area contributed by atoms with Gasteiger partial charge in [0, 0.05) is 39.8 Å². The minimum Gasteiger partial charge on any atom is -0.488 e. The van der Waals surface area contributed by atoms with E-state index in [1.807, 2.05) is 31.2 Å².